The number of fused-ring (bicyclic) bond motifs is 1. The highest BCUT2D eigenvalue weighted by Crippen LogP contribution is 2.20. The minimum Gasteiger partial charge on any atom is -0.386 e. The molecule has 0 aromatic carbocycles. The van der Waals surface area contributed by atoms with Crippen LogP contribution in [0.15, 0.2) is 35.6 Å². The Kier molecular flexibility index (Phi) is 2.33. The van der Waals surface area contributed by atoms with Gasteiger partial charge >= 0.3 is 0 Å². The second-order valence-electron chi connectivity index (χ2n) is 4.86. The van der Waals surface area contributed by atoms with Gasteiger partial charge in [-0.2, -0.15) is 10.2 Å². The molecular weight excluding hydrogens is 246 g/mol. The van der Waals surface area contributed by atoms with Crippen molar-refractivity contribution in [3.05, 3.63) is 46.8 Å². The molecule has 2 N–H and O–H groups in total. The van der Waals surface area contributed by atoms with E-state index in [-0.39, 0.29) is 5.56 Å². The molecule has 7 nitrogen and oxygen atoms in total. The van der Waals surface area contributed by atoms with Crippen LogP contribution in [0.25, 0.3) is 11.3 Å². The maximum absolute atomic E-state index is 11.4. The third-order valence-electron chi connectivity index (χ3n) is 2.92. The average Bonchev–Trinajstić information content (AvgIpc) is 2.92. The van der Waals surface area contributed by atoms with Gasteiger partial charge in [-0.05, 0) is 13.8 Å². The molecule has 0 aliphatic heterocycles. The molecule has 0 amide bonds. The van der Waals surface area contributed by atoms with E-state index in [2.05, 4.69) is 15.2 Å². The predicted octanol–water partition coefficient (Wildman–Crippen LogP) is 0.436. The Morgan fingerprint density at radius 3 is 2.79 bits per heavy atom. The fourth-order valence-electron chi connectivity index (χ4n) is 1.82. The highest BCUT2D eigenvalue weighted by molar-refractivity contribution is 5.57. The zero-order valence-electron chi connectivity index (χ0n) is 10.5. The van der Waals surface area contributed by atoms with Gasteiger partial charge in [0, 0.05) is 24.0 Å². The van der Waals surface area contributed by atoms with Gasteiger partial charge in [0.15, 0.2) is 5.65 Å². The van der Waals surface area contributed by atoms with Crippen molar-refractivity contribution in [3.8, 4) is 5.69 Å². The summed E-state index contributed by atoms with van der Waals surface area (Å²) in [7, 11) is 0. The monoisotopic (exact) mass is 259 g/mol. The third-order valence-corrected chi connectivity index (χ3v) is 2.92. The highest BCUT2D eigenvalue weighted by atomic mass is 16.3. The number of nitrogens with zero attached hydrogens (tertiary/aromatic N) is 4. The lowest BCUT2D eigenvalue weighted by Gasteiger charge is -2.13. The molecule has 98 valence electrons. The summed E-state index contributed by atoms with van der Waals surface area (Å²) in [4.78, 5) is 14.1. The molecular formula is C12H13N5O2. The molecule has 19 heavy (non-hydrogen) atoms. The molecule has 0 aliphatic rings. The van der Waals surface area contributed by atoms with Gasteiger partial charge in [0.1, 0.15) is 5.69 Å². The fourth-order valence-corrected chi connectivity index (χ4v) is 1.82. The first kappa shape index (κ1) is 11.7. The van der Waals surface area contributed by atoms with E-state index >= 15 is 0 Å². The summed E-state index contributed by atoms with van der Waals surface area (Å²) in [6.45, 7) is 3.37. The minimum atomic E-state index is -0.964. The second kappa shape index (κ2) is 3.79. The molecule has 0 aliphatic carbocycles. The Hall–Kier alpha value is -2.41. The first-order valence-corrected chi connectivity index (χ1v) is 5.80. The third kappa shape index (κ3) is 1.93. The maximum Gasteiger partial charge on any atom is 0.251 e. The van der Waals surface area contributed by atoms with Crippen LogP contribution in [0.2, 0.25) is 0 Å². The molecule has 7 heteroatoms. The fraction of sp³-hybridized carbons (Fsp3) is 0.250. The molecule has 0 atom stereocenters. The predicted molar refractivity (Wildman–Crippen MR) is 68.2 cm³/mol. The number of nitrogens with one attached hydrogen (secondary N) is 1. The lowest BCUT2D eigenvalue weighted by atomic mass is 10.0. The lowest BCUT2D eigenvalue weighted by molar-refractivity contribution is 0.0786. The summed E-state index contributed by atoms with van der Waals surface area (Å²) in [5.41, 5.74) is 0.717. The second-order valence-corrected chi connectivity index (χ2v) is 4.86. The molecule has 0 spiro atoms. The number of aromatic nitrogens is 5. The molecule has 3 aromatic heterocycles. The van der Waals surface area contributed by atoms with Gasteiger partial charge in [0.05, 0.1) is 18.0 Å². The molecule has 0 radical (unpaired) electrons. The Morgan fingerprint density at radius 2 is 2.11 bits per heavy atom. The molecule has 3 heterocycles. The van der Waals surface area contributed by atoms with Crippen LogP contribution in [0, 0.1) is 0 Å². The summed E-state index contributed by atoms with van der Waals surface area (Å²) in [5.74, 6) is 0. The number of H-pyrrole nitrogens is 1. The summed E-state index contributed by atoms with van der Waals surface area (Å²) < 4.78 is 3.13. The molecule has 3 aromatic rings. The van der Waals surface area contributed by atoms with Gasteiger partial charge in [0.2, 0.25) is 0 Å². The number of hydrogen-bond donors (Lipinski definition) is 2. The van der Waals surface area contributed by atoms with Crippen molar-refractivity contribution < 1.29 is 5.11 Å². The summed E-state index contributed by atoms with van der Waals surface area (Å²) in [6.07, 6.45) is 6.48. The first-order chi connectivity index (χ1) is 8.95. The van der Waals surface area contributed by atoms with Crippen LogP contribution >= 0.6 is 0 Å². The topological polar surface area (TPSA) is 88.2 Å². The van der Waals surface area contributed by atoms with Crippen LogP contribution in [0.4, 0.5) is 0 Å². The summed E-state index contributed by atoms with van der Waals surface area (Å²) in [5, 5.41) is 18.2. The number of aromatic amines is 1. The van der Waals surface area contributed by atoms with E-state index < -0.39 is 5.60 Å². The number of rotatable bonds is 2. The van der Waals surface area contributed by atoms with Crippen LogP contribution in [-0.4, -0.2) is 29.5 Å². The molecule has 0 fully saturated rings. The van der Waals surface area contributed by atoms with Crippen molar-refractivity contribution in [2.45, 2.75) is 19.4 Å². The Labute approximate surface area is 108 Å². The van der Waals surface area contributed by atoms with Crippen LogP contribution in [0.3, 0.4) is 0 Å². The Morgan fingerprint density at radius 1 is 1.32 bits per heavy atom. The van der Waals surface area contributed by atoms with Crippen LogP contribution in [0.1, 0.15) is 19.4 Å². The van der Waals surface area contributed by atoms with Crippen molar-refractivity contribution in [1.29, 1.82) is 0 Å². The zero-order valence-corrected chi connectivity index (χ0v) is 10.5. The van der Waals surface area contributed by atoms with E-state index in [1.54, 1.807) is 47.8 Å². The summed E-state index contributed by atoms with van der Waals surface area (Å²) >= 11 is 0. The van der Waals surface area contributed by atoms with Crippen molar-refractivity contribution in [1.82, 2.24) is 24.4 Å². The normalized spacial score (nSPS) is 12.2. The maximum atomic E-state index is 11.4. The summed E-state index contributed by atoms with van der Waals surface area (Å²) in [6, 6.07) is 1.40. The van der Waals surface area contributed by atoms with Gasteiger partial charge in [-0.25, -0.2) is 9.20 Å². The quantitative estimate of drug-likeness (QED) is 0.698. The van der Waals surface area contributed by atoms with Crippen molar-refractivity contribution in [3.63, 3.8) is 0 Å². The Balaban J connectivity index is 2.17. The van der Waals surface area contributed by atoms with Gasteiger partial charge < -0.3 is 10.1 Å². The Bertz CT molecular complexity index is 790. The van der Waals surface area contributed by atoms with E-state index in [9.17, 15) is 9.90 Å². The smallest absolute Gasteiger partial charge is 0.251 e. The molecule has 0 saturated heterocycles. The van der Waals surface area contributed by atoms with Crippen molar-refractivity contribution in [2.75, 3.05) is 0 Å². The zero-order chi connectivity index (χ0) is 13.6. The number of hydrogen-bond acceptors (Lipinski definition) is 4. The minimum absolute atomic E-state index is 0.205. The van der Waals surface area contributed by atoms with Crippen LogP contribution in [0.5, 0.6) is 0 Å². The van der Waals surface area contributed by atoms with Crippen molar-refractivity contribution >= 4 is 5.65 Å². The van der Waals surface area contributed by atoms with Gasteiger partial charge in [-0.1, -0.05) is 0 Å². The standard InChI is InChI=1S/C12H13N5O2/c1-12(2,19)8-5-13-17(7-8)9-6-14-16-4-3-10(18)15-11(9)16/h3-7,19H,1-2H3,(H,15,18). The average molecular weight is 259 g/mol. The van der Waals surface area contributed by atoms with E-state index in [0.29, 0.717) is 16.9 Å². The number of aliphatic hydroxyl groups is 1. The largest absolute Gasteiger partial charge is 0.386 e. The van der Waals surface area contributed by atoms with E-state index in [0.717, 1.165) is 0 Å². The van der Waals surface area contributed by atoms with E-state index in [1.165, 1.54) is 6.07 Å². The van der Waals surface area contributed by atoms with E-state index in [1.807, 2.05) is 0 Å². The highest BCUT2D eigenvalue weighted by Gasteiger charge is 2.19. The van der Waals surface area contributed by atoms with Crippen molar-refractivity contribution in [2.24, 2.45) is 0 Å². The van der Waals surface area contributed by atoms with Gasteiger partial charge in [-0.3, -0.25) is 4.79 Å². The molecule has 0 unspecified atom stereocenters. The SMILES string of the molecule is CC(C)(O)c1cnn(-c2cnn3ccc(=O)[nH]c23)c1. The van der Waals surface area contributed by atoms with Crippen LogP contribution < -0.4 is 5.56 Å². The molecule has 3 rings (SSSR count). The van der Waals surface area contributed by atoms with Crippen LogP contribution in [-0.2, 0) is 5.60 Å². The first-order valence-electron chi connectivity index (χ1n) is 5.80. The van der Waals surface area contributed by atoms with E-state index in [4.69, 9.17) is 0 Å². The van der Waals surface area contributed by atoms with Gasteiger partial charge in [-0.15, -0.1) is 0 Å². The lowest BCUT2D eigenvalue weighted by Crippen LogP contribution is -2.14. The molecule has 0 bridgehead atoms. The molecule has 0 saturated carbocycles. The van der Waals surface area contributed by atoms with Gasteiger partial charge in [0.25, 0.3) is 5.56 Å².